The van der Waals surface area contributed by atoms with E-state index in [0.717, 1.165) is 0 Å². The van der Waals surface area contributed by atoms with Gasteiger partial charge in [0.1, 0.15) is 17.7 Å². The van der Waals surface area contributed by atoms with Gasteiger partial charge in [-0.1, -0.05) is 30.3 Å². The van der Waals surface area contributed by atoms with Gasteiger partial charge in [0.05, 0.1) is 12.7 Å². The highest BCUT2D eigenvalue weighted by atomic mass is 28.4. The van der Waals surface area contributed by atoms with E-state index in [0.29, 0.717) is 28.9 Å². The van der Waals surface area contributed by atoms with Crippen LogP contribution in [0.5, 0.6) is 11.5 Å². The number of methoxy groups -OCH3 is 1. The van der Waals surface area contributed by atoms with Crippen molar-refractivity contribution in [3.05, 3.63) is 59.7 Å². The fourth-order valence-corrected chi connectivity index (χ4v) is 10.2. The predicted molar refractivity (Wildman–Crippen MR) is 110 cm³/mol. The molecule has 140 valence electrons. The molecule has 0 saturated heterocycles. The van der Waals surface area contributed by atoms with Crippen LogP contribution in [0, 0.1) is 0 Å². The number of ether oxygens (including phenoxy) is 2. The predicted octanol–water partition coefficient (Wildman–Crippen LogP) is 4.90. The zero-order valence-corrected chi connectivity index (χ0v) is 18.5. The smallest absolute Gasteiger partial charge is 0.213 e. The number of hydrogen-bond donors (Lipinski definition) is 0. The molecule has 0 aliphatic rings. The maximum atomic E-state index is 12.7. The second-order valence-electron chi connectivity index (χ2n) is 7.82. The van der Waals surface area contributed by atoms with Crippen molar-refractivity contribution in [1.29, 1.82) is 0 Å². The average Bonchev–Trinajstić information content (AvgIpc) is 2.58. The van der Waals surface area contributed by atoms with E-state index in [1.165, 1.54) is 0 Å². The van der Waals surface area contributed by atoms with Crippen molar-refractivity contribution in [3.8, 4) is 11.5 Å². The molecule has 0 aromatic heterocycles. The standard InChI is InChI=1S/C20H28O4Si2/c1-22-19-14-17(23-15-26(5,6)24-25(2,3)4)12-13-18(19)20(21)16-10-8-7-9-11-16/h7-14H,15H2,1-6H3. The van der Waals surface area contributed by atoms with Gasteiger partial charge in [-0.25, -0.2) is 0 Å². The molecule has 0 saturated carbocycles. The van der Waals surface area contributed by atoms with Crippen LogP contribution in [0.1, 0.15) is 15.9 Å². The number of carbonyl (C=O) groups is 1. The van der Waals surface area contributed by atoms with Crippen LogP contribution in [0.2, 0.25) is 32.7 Å². The van der Waals surface area contributed by atoms with Crippen molar-refractivity contribution in [2.45, 2.75) is 32.7 Å². The number of ketones is 1. The van der Waals surface area contributed by atoms with Gasteiger partial charge in [-0.15, -0.1) is 0 Å². The van der Waals surface area contributed by atoms with Crippen LogP contribution in [0.3, 0.4) is 0 Å². The fourth-order valence-electron chi connectivity index (χ4n) is 2.81. The third-order valence-electron chi connectivity index (χ3n) is 3.62. The highest BCUT2D eigenvalue weighted by Crippen LogP contribution is 2.27. The Kier molecular flexibility index (Phi) is 6.44. The summed E-state index contributed by atoms with van der Waals surface area (Å²) in [6.45, 7) is 10.9. The van der Waals surface area contributed by atoms with Crippen molar-refractivity contribution in [2.75, 3.05) is 13.3 Å². The maximum absolute atomic E-state index is 12.7. The lowest BCUT2D eigenvalue weighted by molar-refractivity contribution is 0.103. The van der Waals surface area contributed by atoms with Gasteiger partial charge in [0.15, 0.2) is 14.1 Å². The van der Waals surface area contributed by atoms with Gasteiger partial charge in [0.25, 0.3) is 0 Å². The molecule has 0 N–H and O–H groups in total. The number of hydrogen-bond acceptors (Lipinski definition) is 4. The first-order valence-electron chi connectivity index (χ1n) is 8.72. The van der Waals surface area contributed by atoms with Crippen LogP contribution in [0.15, 0.2) is 48.5 Å². The molecule has 0 bridgehead atoms. The molecule has 0 aliphatic heterocycles. The summed E-state index contributed by atoms with van der Waals surface area (Å²) in [6, 6.07) is 14.5. The minimum Gasteiger partial charge on any atom is -0.496 e. The number of rotatable bonds is 8. The molecular weight excluding hydrogens is 360 g/mol. The van der Waals surface area contributed by atoms with Crippen LogP contribution >= 0.6 is 0 Å². The molecule has 0 radical (unpaired) electrons. The Bertz CT molecular complexity index is 752. The van der Waals surface area contributed by atoms with E-state index >= 15 is 0 Å². The Labute approximate surface area is 158 Å². The zero-order chi connectivity index (χ0) is 19.4. The number of benzene rings is 2. The Morgan fingerprint density at radius 2 is 1.62 bits per heavy atom. The lowest BCUT2D eigenvalue weighted by atomic mass is 10.0. The highest BCUT2D eigenvalue weighted by Gasteiger charge is 2.30. The molecule has 0 unspecified atom stereocenters. The van der Waals surface area contributed by atoms with Gasteiger partial charge < -0.3 is 13.6 Å². The minimum atomic E-state index is -1.91. The topological polar surface area (TPSA) is 44.8 Å². The summed E-state index contributed by atoms with van der Waals surface area (Å²) < 4.78 is 17.7. The number of carbonyl (C=O) groups excluding carboxylic acids is 1. The molecule has 0 spiro atoms. The largest absolute Gasteiger partial charge is 0.496 e. The molecule has 4 nitrogen and oxygen atoms in total. The van der Waals surface area contributed by atoms with E-state index in [2.05, 4.69) is 32.7 Å². The van der Waals surface area contributed by atoms with Gasteiger partial charge in [-0.05, 0) is 44.9 Å². The Morgan fingerprint density at radius 3 is 2.19 bits per heavy atom. The van der Waals surface area contributed by atoms with Crippen LogP contribution in [-0.2, 0) is 4.12 Å². The minimum absolute atomic E-state index is 0.0641. The van der Waals surface area contributed by atoms with Crippen molar-refractivity contribution in [2.24, 2.45) is 0 Å². The third kappa shape index (κ3) is 5.83. The molecule has 2 aromatic rings. The van der Waals surface area contributed by atoms with Gasteiger partial charge >= 0.3 is 0 Å². The van der Waals surface area contributed by atoms with Crippen molar-refractivity contribution in [1.82, 2.24) is 0 Å². The molecule has 0 aliphatic carbocycles. The molecule has 2 aromatic carbocycles. The van der Waals surface area contributed by atoms with Gasteiger partial charge in [-0.3, -0.25) is 4.79 Å². The lowest BCUT2D eigenvalue weighted by Gasteiger charge is -2.31. The quantitative estimate of drug-likeness (QED) is 0.476. The molecule has 0 heterocycles. The molecule has 2 rings (SSSR count). The van der Waals surface area contributed by atoms with Gasteiger partial charge in [0, 0.05) is 11.6 Å². The van der Waals surface area contributed by atoms with Crippen LogP contribution in [0.4, 0.5) is 0 Å². The first kappa shape index (κ1) is 20.4. The lowest BCUT2D eigenvalue weighted by Crippen LogP contribution is -2.46. The summed E-state index contributed by atoms with van der Waals surface area (Å²) in [6.07, 6.45) is 0.562. The summed E-state index contributed by atoms with van der Waals surface area (Å²) in [5.41, 5.74) is 1.16. The third-order valence-corrected chi connectivity index (χ3v) is 9.12. The Balaban J connectivity index is 2.15. The summed E-state index contributed by atoms with van der Waals surface area (Å²) >= 11 is 0. The van der Waals surface area contributed by atoms with E-state index in [1.807, 2.05) is 24.3 Å². The normalized spacial score (nSPS) is 11.9. The average molecular weight is 389 g/mol. The SMILES string of the molecule is COc1cc(OC[Si](C)(C)O[Si](C)(C)C)ccc1C(=O)c1ccccc1. The first-order chi connectivity index (χ1) is 12.1. The van der Waals surface area contributed by atoms with Crippen molar-refractivity contribution in [3.63, 3.8) is 0 Å². The van der Waals surface area contributed by atoms with Crippen LogP contribution in [-0.4, -0.2) is 35.8 Å². The van der Waals surface area contributed by atoms with E-state index in [4.69, 9.17) is 13.6 Å². The summed E-state index contributed by atoms with van der Waals surface area (Å²) in [5.74, 6) is 1.14. The molecule has 0 fully saturated rings. The van der Waals surface area contributed by atoms with E-state index < -0.39 is 16.6 Å². The monoisotopic (exact) mass is 388 g/mol. The van der Waals surface area contributed by atoms with Crippen LogP contribution < -0.4 is 9.47 Å². The summed E-state index contributed by atoms with van der Waals surface area (Å²) in [5, 5.41) is 0. The van der Waals surface area contributed by atoms with Crippen molar-refractivity contribution >= 4 is 22.4 Å². The molecule has 26 heavy (non-hydrogen) atoms. The van der Waals surface area contributed by atoms with E-state index in [1.54, 1.807) is 31.4 Å². The maximum Gasteiger partial charge on any atom is 0.213 e. The molecule has 6 heteroatoms. The Hall–Kier alpha value is -1.90. The van der Waals surface area contributed by atoms with E-state index in [-0.39, 0.29) is 5.78 Å². The molecule has 0 atom stereocenters. The second kappa shape index (κ2) is 8.20. The highest BCUT2D eigenvalue weighted by molar-refractivity contribution is 6.84. The first-order valence-corrected chi connectivity index (χ1v) is 15.2. The second-order valence-corrected chi connectivity index (χ2v) is 16.7. The summed E-state index contributed by atoms with van der Waals surface area (Å²) in [7, 11) is -1.94. The summed E-state index contributed by atoms with van der Waals surface area (Å²) in [4.78, 5) is 12.7. The van der Waals surface area contributed by atoms with Crippen LogP contribution in [0.25, 0.3) is 0 Å². The zero-order valence-electron chi connectivity index (χ0n) is 16.5. The fraction of sp³-hybridized carbons (Fsp3) is 0.350. The van der Waals surface area contributed by atoms with E-state index in [9.17, 15) is 4.79 Å². The van der Waals surface area contributed by atoms with Gasteiger partial charge in [-0.2, -0.15) is 0 Å². The van der Waals surface area contributed by atoms with Gasteiger partial charge in [0.2, 0.25) is 8.32 Å². The Morgan fingerprint density at radius 1 is 0.962 bits per heavy atom. The van der Waals surface area contributed by atoms with Crippen molar-refractivity contribution < 1.29 is 18.4 Å². The molecular formula is C20H28O4Si2. The molecule has 0 amide bonds.